The van der Waals surface area contributed by atoms with E-state index < -0.39 is 5.97 Å². The molecule has 1 aliphatic rings. The third kappa shape index (κ3) is 3.80. The Bertz CT molecular complexity index is 1230. The van der Waals surface area contributed by atoms with Crippen LogP contribution < -0.4 is 23.7 Å². The summed E-state index contributed by atoms with van der Waals surface area (Å²) in [5, 5.41) is 1.80. The van der Waals surface area contributed by atoms with Gasteiger partial charge in [0.15, 0.2) is 17.3 Å². The highest BCUT2D eigenvalue weighted by Gasteiger charge is 2.31. The number of aryl methyl sites for hydroxylation is 1. The molecule has 2 heterocycles. The van der Waals surface area contributed by atoms with Crippen LogP contribution in [0.2, 0.25) is 0 Å². The van der Waals surface area contributed by atoms with Gasteiger partial charge in [0.1, 0.15) is 16.4 Å². The van der Waals surface area contributed by atoms with Gasteiger partial charge in [-0.05, 0) is 48.2 Å². The Labute approximate surface area is 188 Å². The van der Waals surface area contributed by atoms with E-state index in [9.17, 15) is 9.59 Å². The van der Waals surface area contributed by atoms with Crippen LogP contribution in [0, 0.1) is 6.92 Å². The van der Waals surface area contributed by atoms with Gasteiger partial charge in [0, 0.05) is 11.6 Å². The normalized spacial score (nSPS) is 13.5. The number of carbonyl (C=O) groups excluding carboxylic acids is 2. The molecule has 0 atom stereocenters. The minimum atomic E-state index is -0.463. The number of hydrogen-bond donors (Lipinski definition) is 0. The Kier molecular flexibility index (Phi) is 5.87. The van der Waals surface area contributed by atoms with Gasteiger partial charge >= 0.3 is 5.97 Å². The molecule has 4 rings (SSSR count). The maximum Gasteiger partial charge on any atom is 0.353 e. The third-order valence-electron chi connectivity index (χ3n) is 4.90. The summed E-state index contributed by atoms with van der Waals surface area (Å²) in [6, 6.07) is 10.1. The largest absolute Gasteiger partial charge is 0.493 e. The number of allylic oxidation sites excluding steroid dienone is 1. The number of carbonyl (C=O) groups is 2. The molecule has 0 fully saturated rings. The Hall–Kier alpha value is -3.78. The Morgan fingerprint density at radius 1 is 1.03 bits per heavy atom. The summed E-state index contributed by atoms with van der Waals surface area (Å²) in [5.74, 6) is 1.34. The first-order valence-corrected chi connectivity index (χ1v) is 10.5. The second-order valence-electron chi connectivity index (χ2n) is 6.84. The zero-order valence-corrected chi connectivity index (χ0v) is 18.7. The first kappa shape index (κ1) is 21.5. The lowest BCUT2D eigenvalue weighted by Gasteiger charge is -2.14. The molecule has 0 N–H and O–H groups in total. The van der Waals surface area contributed by atoms with Crippen molar-refractivity contribution < 1.29 is 33.3 Å². The van der Waals surface area contributed by atoms with Crippen LogP contribution in [0.3, 0.4) is 0 Å². The quantitative estimate of drug-likeness (QED) is 0.298. The van der Waals surface area contributed by atoms with E-state index in [2.05, 4.69) is 0 Å². The first-order valence-electron chi connectivity index (χ1n) is 9.60. The fourth-order valence-electron chi connectivity index (χ4n) is 3.47. The van der Waals surface area contributed by atoms with Crippen molar-refractivity contribution in [1.29, 1.82) is 0 Å². The molecule has 7 nitrogen and oxygen atoms in total. The fourth-order valence-corrected chi connectivity index (χ4v) is 4.07. The summed E-state index contributed by atoms with van der Waals surface area (Å²) in [4.78, 5) is 25.8. The molecular weight excluding hydrogens is 432 g/mol. The SMILES string of the molecule is COc1ccc(/C=C2\Oc3cc(OC(=O)c4cccs4)cc(C)c3C2=O)c(OC)c1OC. The van der Waals surface area contributed by atoms with Crippen molar-refractivity contribution in [2.24, 2.45) is 0 Å². The van der Waals surface area contributed by atoms with Crippen molar-refractivity contribution >= 4 is 29.2 Å². The zero-order chi connectivity index (χ0) is 22.8. The van der Waals surface area contributed by atoms with Gasteiger partial charge in [-0.15, -0.1) is 11.3 Å². The lowest BCUT2D eigenvalue weighted by Crippen LogP contribution is -2.06. The molecule has 0 bridgehead atoms. The van der Waals surface area contributed by atoms with Gasteiger partial charge in [-0.25, -0.2) is 4.79 Å². The predicted molar refractivity (Wildman–Crippen MR) is 119 cm³/mol. The number of hydrogen-bond acceptors (Lipinski definition) is 8. The van der Waals surface area contributed by atoms with Gasteiger partial charge < -0.3 is 23.7 Å². The number of ketones is 1. The van der Waals surface area contributed by atoms with E-state index in [0.29, 0.717) is 50.3 Å². The van der Waals surface area contributed by atoms with Crippen molar-refractivity contribution in [3.8, 4) is 28.7 Å². The Balaban J connectivity index is 1.67. The number of Topliss-reactive ketones (excluding diaryl/α,β-unsaturated/α-hetero) is 1. The minimum absolute atomic E-state index is 0.121. The van der Waals surface area contributed by atoms with E-state index in [1.54, 1.807) is 54.8 Å². The monoisotopic (exact) mass is 452 g/mol. The summed E-state index contributed by atoms with van der Waals surface area (Å²) < 4.78 is 27.5. The van der Waals surface area contributed by atoms with Crippen LogP contribution in [0.4, 0.5) is 0 Å². The maximum absolute atomic E-state index is 13.0. The molecule has 1 aliphatic heterocycles. The number of benzene rings is 2. The lowest BCUT2D eigenvalue weighted by molar-refractivity contribution is 0.0739. The van der Waals surface area contributed by atoms with Gasteiger partial charge in [0.25, 0.3) is 0 Å². The molecule has 164 valence electrons. The second-order valence-corrected chi connectivity index (χ2v) is 7.79. The minimum Gasteiger partial charge on any atom is -0.493 e. The second kappa shape index (κ2) is 8.76. The molecule has 0 aliphatic carbocycles. The van der Waals surface area contributed by atoms with Gasteiger partial charge in [-0.2, -0.15) is 0 Å². The lowest BCUT2D eigenvalue weighted by atomic mass is 10.0. The van der Waals surface area contributed by atoms with Crippen LogP contribution >= 0.6 is 11.3 Å². The molecule has 0 amide bonds. The van der Waals surface area contributed by atoms with E-state index in [4.69, 9.17) is 23.7 Å². The summed E-state index contributed by atoms with van der Waals surface area (Å²) in [7, 11) is 4.54. The summed E-state index contributed by atoms with van der Waals surface area (Å²) in [6.07, 6.45) is 1.58. The van der Waals surface area contributed by atoms with Gasteiger partial charge in [0.2, 0.25) is 11.5 Å². The summed E-state index contributed by atoms with van der Waals surface area (Å²) >= 11 is 1.29. The number of methoxy groups -OCH3 is 3. The summed E-state index contributed by atoms with van der Waals surface area (Å²) in [5.41, 5.74) is 1.65. The molecular formula is C24H20O7S. The average Bonchev–Trinajstić information content (AvgIpc) is 3.42. The topological polar surface area (TPSA) is 80.3 Å². The molecule has 32 heavy (non-hydrogen) atoms. The molecule has 0 radical (unpaired) electrons. The zero-order valence-electron chi connectivity index (χ0n) is 17.9. The molecule has 3 aromatic rings. The molecule has 0 unspecified atom stereocenters. The van der Waals surface area contributed by atoms with Crippen LogP contribution in [-0.2, 0) is 0 Å². The Morgan fingerprint density at radius 2 is 1.81 bits per heavy atom. The molecule has 8 heteroatoms. The predicted octanol–water partition coefficient (Wildman–Crippen LogP) is 4.92. The molecule has 0 spiro atoms. The third-order valence-corrected chi connectivity index (χ3v) is 5.75. The number of rotatable bonds is 6. The van der Waals surface area contributed by atoms with E-state index in [1.807, 2.05) is 0 Å². The fraction of sp³-hybridized carbons (Fsp3) is 0.167. The first-order chi connectivity index (χ1) is 15.5. The number of ether oxygens (including phenoxy) is 5. The van der Waals surface area contributed by atoms with Crippen molar-refractivity contribution in [1.82, 2.24) is 0 Å². The maximum atomic E-state index is 13.0. The van der Waals surface area contributed by atoms with E-state index >= 15 is 0 Å². The van der Waals surface area contributed by atoms with Gasteiger partial charge in [-0.3, -0.25) is 4.79 Å². The van der Waals surface area contributed by atoms with Crippen molar-refractivity contribution in [3.63, 3.8) is 0 Å². The number of esters is 1. The van der Waals surface area contributed by atoms with Crippen molar-refractivity contribution in [3.05, 3.63) is 69.1 Å². The van der Waals surface area contributed by atoms with E-state index in [-0.39, 0.29) is 11.5 Å². The summed E-state index contributed by atoms with van der Waals surface area (Å²) in [6.45, 7) is 1.77. The molecule has 1 aromatic heterocycles. The van der Waals surface area contributed by atoms with Gasteiger partial charge in [0.05, 0.1) is 26.9 Å². The number of thiophene rings is 1. The smallest absolute Gasteiger partial charge is 0.353 e. The van der Waals surface area contributed by atoms with Crippen LogP contribution in [-0.4, -0.2) is 33.1 Å². The van der Waals surface area contributed by atoms with Crippen LogP contribution in [0.1, 0.15) is 31.2 Å². The molecule has 0 saturated heterocycles. The van der Waals surface area contributed by atoms with Crippen molar-refractivity contribution in [2.45, 2.75) is 6.92 Å². The Morgan fingerprint density at radius 3 is 2.47 bits per heavy atom. The van der Waals surface area contributed by atoms with E-state index in [1.165, 1.54) is 32.7 Å². The van der Waals surface area contributed by atoms with E-state index in [0.717, 1.165) is 0 Å². The van der Waals surface area contributed by atoms with Crippen molar-refractivity contribution in [2.75, 3.05) is 21.3 Å². The highest BCUT2D eigenvalue weighted by atomic mass is 32.1. The van der Waals surface area contributed by atoms with Gasteiger partial charge in [-0.1, -0.05) is 6.07 Å². The standard InChI is InChI=1S/C24H20O7S/c1-13-10-15(30-24(26)19-6-5-9-32-19)12-17-20(13)21(25)18(31-17)11-14-7-8-16(27-2)23(29-4)22(14)28-3/h5-12H,1-4H3/b18-11-. The number of fused-ring (bicyclic) bond motifs is 1. The molecule has 0 saturated carbocycles. The molecule has 2 aromatic carbocycles. The highest BCUT2D eigenvalue weighted by Crippen LogP contribution is 2.42. The van der Waals surface area contributed by atoms with Crippen LogP contribution in [0.25, 0.3) is 6.08 Å². The van der Waals surface area contributed by atoms with Crippen LogP contribution in [0.15, 0.2) is 47.5 Å². The highest BCUT2D eigenvalue weighted by molar-refractivity contribution is 7.12. The average molecular weight is 452 g/mol. The van der Waals surface area contributed by atoms with Crippen LogP contribution in [0.5, 0.6) is 28.7 Å².